The Labute approximate surface area is 107 Å². The van der Waals surface area contributed by atoms with Gasteiger partial charge in [0.25, 0.3) is 0 Å². The number of carbonyl (C=O) groups is 2. The van der Waals surface area contributed by atoms with Gasteiger partial charge >= 0.3 is 11.9 Å². The van der Waals surface area contributed by atoms with Crippen molar-refractivity contribution in [1.82, 2.24) is 0 Å². The summed E-state index contributed by atoms with van der Waals surface area (Å²) in [5.74, 6) is -1.89. The average Bonchev–Trinajstić information content (AvgIpc) is 2.75. The van der Waals surface area contributed by atoms with Gasteiger partial charge in [0.05, 0.1) is 13.0 Å². The molecule has 7 heteroatoms. The topological polar surface area (TPSA) is 104 Å². The Bertz CT molecular complexity index is 427. The number of aliphatic hydroxyl groups excluding tert-OH is 2. The fourth-order valence-electron chi connectivity index (χ4n) is 1.33. The maximum absolute atomic E-state index is 11.2. The molecule has 0 fully saturated rings. The lowest BCUT2D eigenvalue weighted by Gasteiger charge is -2.15. The van der Waals surface area contributed by atoms with E-state index in [2.05, 4.69) is 4.74 Å². The van der Waals surface area contributed by atoms with Gasteiger partial charge in [-0.2, -0.15) is 0 Å². The molecule has 0 aliphatic heterocycles. The Balaban J connectivity index is 2.71. The molecular weight excluding hydrogens is 260 g/mol. The van der Waals surface area contributed by atoms with E-state index >= 15 is 0 Å². The second-order valence-corrected chi connectivity index (χ2v) is 4.55. The largest absolute Gasteiger partial charge is 0.481 e. The molecule has 0 radical (unpaired) electrons. The molecule has 0 aliphatic carbocycles. The molecule has 18 heavy (non-hydrogen) atoms. The minimum Gasteiger partial charge on any atom is -0.481 e. The van der Waals surface area contributed by atoms with Crippen molar-refractivity contribution in [2.75, 3.05) is 6.61 Å². The number of carbonyl (C=O) groups excluding carboxylic acids is 1. The van der Waals surface area contributed by atoms with Crippen LogP contribution in [0.3, 0.4) is 0 Å². The van der Waals surface area contributed by atoms with E-state index in [0.717, 1.165) is 11.3 Å². The third-order valence-corrected chi connectivity index (χ3v) is 3.12. The van der Waals surface area contributed by atoms with Crippen molar-refractivity contribution < 1.29 is 29.6 Å². The van der Waals surface area contributed by atoms with Gasteiger partial charge in [-0.15, -0.1) is 11.3 Å². The van der Waals surface area contributed by atoms with Crippen molar-refractivity contribution in [1.29, 1.82) is 0 Å². The van der Waals surface area contributed by atoms with Gasteiger partial charge in [-0.05, 0) is 23.9 Å². The molecule has 3 N–H and O–H groups in total. The van der Waals surface area contributed by atoms with Crippen molar-refractivity contribution in [3.63, 3.8) is 0 Å². The van der Waals surface area contributed by atoms with Crippen LogP contribution in [0, 0.1) is 0 Å². The van der Waals surface area contributed by atoms with Crippen LogP contribution < -0.4 is 0 Å². The summed E-state index contributed by atoms with van der Waals surface area (Å²) in [4.78, 5) is 22.3. The van der Waals surface area contributed by atoms with Crippen molar-refractivity contribution in [2.24, 2.45) is 0 Å². The molecule has 6 nitrogen and oxygen atoms in total. The zero-order chi connectivity index (χ0) is 13.7. The van der Waals surface area contributed by atoms with E-state index in [1.807, 2.05) is 0 Å². The van der Waals surface area contributed by atoms with E-state index in [9.17, 15) is 19.8 Å². The highest BCUT2D eigenvalue weighted by Crippen LogP contribution is 2.24. The predicted molar refractivity (Wildman–Crippen MR) is 63.3 cm³/mol. The molecule has 0 saturated carbocycles. The molecule has 0 bridgehead atoms. The van der Waals surface area contributed by atoms with Crippen molar-refractivity contribution in [3.05, 3.63) is 21.9 Å². The molecule has 0 spiro atoms. The second kappa shape index (κ2) is 6.48. The highest BCUT2D eigenvalue weighted by molar-refractivity contribution is 7.10. The Morgan fingerprint density at radius 2 is 2.11 bits per heavy atom. The predicted octanol–water partition coefficient (Wildman–Crippen LogP) is 0.333. The SMILES string of the molecule is CCOC(=O)C(O)C(O)c1csc(CC(=O)O)c1. The number of rotatable bonds is 6. The first kappa shape index (κ1) is 14.6. The summed E-state index contributed by atoms with van der Waals surface area (Å²) in [5, 5.41) is 29.4. The Morgan fingerprint density at radius 3 is 2.67 bits per heavy atom. The number of hydrogen-bond acceptors (Lipinski definition) is 6. The molecule has 1 aromatic heterocycles. The van der Waals surface area contributed by atoms with Gasteiger partial charge in [-0.25, -0.2) is 4.79 Å². The van der Waals surface area contributed by atoms with Crippen LogP contribution in [0.5, 0.6) is 0 Å². The number of carboxylic acids is 1. The average molecular weight is 274 g/mol. The van der Waals surface area contributed by atoms with E-state index in [1.54, 1.807) is 6.92 Å². The number of aliphatic hydroxyl groups is 2. The lowest BCUT2D eigenvalue weighted by Crippen LogP contribution is -2.29. The van der Waals surface area contributed by atoms with Gasteiger partial charge in [0.1, 0.15) is 6.10 Å². The first-order chi connectivity index (χ1) is 8.45. The lowest BCUT2D eigenvalue weighted by molar-refractivity contribution is -0.159. The van der Waals surface area contributed by atoms with Gasteiger partial charge in [-0.3, -0.25) is 4.79 Å². The molecule has 1 aromatic rings. The van der Waals surface area contributed by atoms with Crippen LogP contribution >= 0.6 is 11.3 Å². The molecule has 1 heterocycles. The first-order valence-electron chi connectivity index (χ1n) is 5.27. The summed E-state index contributed by atoms with van der Waals surface area (Å²) in [7, 11) is 0. The van der Waals surface area contributed by atoms with Crippen molar-refractivity contribution in [2.45, 2.75) is 25.6 Å². The summed E-state index contributed by atoms with van der Waals surface area (Å²) in [6, 6.07) is 1.45. The molecule has 100 valence electrons. The second-order valence-electron chi connectivity index (χ2n) is 3.56. The molecule has 0 amide bonds. The van der Waals surface area contributed by atoms with E-state index in [-0.39, 0.29) is 13.0 Å². The number of ether oxygens (including phenoxy) is 1. The molecule has 2 unspecified atom stereocenters. The Morgan fingerprint density at radius 1 is 1.44 bits per heavy atom. The fraction of sp³-hybridized carbons (Fsp3) is 0.455. The smallest absolute Gasteiger partial charge is 0.338 e. The van der Waals surface area contributed by atoms with Gasteiger partial charge in [0.2, 0.25) is 0 Å². The third kappa shape index (κ3) is 3.80. The number of carboxylic acid groups (broad SMARTS) is 1. The maximum atomic E-state index is 11.2. The number of esters is 1. The van der Waals surface area contributed by atoms with Crippen LogP contribution in [-0.2, 0) is 20.7 Å². The Kier molecular flexibility index (Phi) is 5.26. The van der Waals surface area contributed by atoms with Gasteiger partial charge in [-0.1, -0.05) is 0 Å². The number of hydrogen-bond donors (Lipinski definition) is 3. The molecule has 1 rings (SSSR count). The van der Waals surface area contributed by atoms with Gasteiger partial charge in [0.15, 0.2) is 6.10 Å². The highest BCUT2D eigenvalue weighted by atomic mass is 32.1. The molecule has 0 aromatic carbocycles. The van der Waals surface area contributed by atoms with Gasteiger partial charge < -0.3 is 20.1 Å². The summed E-state index contributed by atoms with van der Waals surface area (Å²) in [6.07, 6.45) is -3.24. The monoisotopic (exact) mass is 274 g/mol. The zero-order valence-corrected chi connectivity index (χ0v) is 10.5. The van der Waals surface area contributed by atoms with Gasteiger partial charge in [0, 0.05) is 4.88 Å². The van der Waals surface area contributed by atoms with E-state index in [0.29, 0.717) is 10.4 Å². The standard InChI is InChI=1S/C11H14O6S/c1-2-17-11(16)10(15)9(14)6-3-7(18-5-6)4-8(12)13/h3,5,9-10,14-15H,2,4H2,1H3,(H,12,13). The lowest BCUT2D eigenvalue weighted by atomic mass is 10.1. The van der Waals surface area contributed by atoms with Crippen LogP contribution in [0.15, 0.2) is 11.4 Å². The molecule has 0 saturated heterocycles. The minimum atomic E-state index is -1.67. The van der Waals surface area contributed by atoms with Crippen molar-refractivity contribution in [3.8, 4) is 0 Å². The molecule has 0 aliphatic rings. The Hall–Kier alpha value is -1.44. The third-order valence-electron chi connectivity index (χ3n) is 2.17. The summed E-state index contributed by atoms with van der Waals surface area (Å²) < 4.78 is 4.58. The normalized spacial score (nSPS) is 13.9. The van der Waals surface area contributed by atoms with E-state index in [4.69, 9.17) is 5.11 Å². The minimum absolute atomic E-state index is 0.108. The summed E-state index contributed by atoms with van der Waals surface area (Å²) in [6.45, 7) is 1.70. The van der Waals surface area contributed by atoms with Crippen LogP contribution in [0.2, 0.25) is 0 Å². The van der Waals surface area contributed by atoms with Crippen LogP contribution in [-0.4, -0.2) is 40.0 Å². The van der Waals surface area contributed by atoms with Crippen LogP contribution in [0.1, 0.15) is 23.5 Å². The fourth-order valence-corrected chi connectivity index (χ4v) is 2.24. The first-order valence-corrected chi connectivity index (χ1v) is 6.15. The van der Waals surface area contributed by atoms with Crippen molar-refractivity contribution >= 4 is 23.3 Å². The zero-order valence-electron chi connectivity index (χ0n) is 9.70. The van der Waals surface area contributed by atoms with E-state index < -0.39 is 24.1 Å². The molecular formula is C11H14O6S. The van der Waals surface area contributed by atoms with Crippen LogP contribution in [0.4, 0.5) is 0 Å². The quantitative estimate of drug-likeness (QED) is 0.646. The highest BCUT2D eigenvalue weighted by Gasteiger charge is 2.27. The summed E-state index contributed by atoms with van der Waals surface area (Å²) in [5.41, 5.74) is 0.303. The number of thiophene rings is 1. The summed E-state index contributed by atoms with van der Waals surface area (Å²) >= 11 is 1.14. The number of aliphatic carboxylic acids is 1. The van der Waals surface area contributed by atoms with Crippen LogP contribution in [0.25, 0.3) is 0 Å². The maximum Gasteiger partial charge on any atom is 0.338 e. The van der Waals surface area contributed by atoms with E-state index in [1.165, 1.54) is 11.4 Å². The molecule has 2 atom stereocenters.